The Morgan fingerprint density at radius 2 is 2.14 bits per heavy atom. The van der Waals surface area contributed by atoms with E-state index in [0.717, 1.165) is 23.1 Å². The molecule has 2 nitrogen and oxygen atoms in total. The molecule has 0 fully saturated rings. The van der Waals surface area contributed by atoms with Gasteiger partial charge in [0.15, 0.2) is 0 Å². The molecule has 0 amide bonds. The number of aliphatic hydroxyl groups is 1. The Bertz CT molecular complexity index is 462. The first-order valence-corrected chi connectivity index (χ1v) is 5.53. The van der Waals surface area contributed by atoms with E-state index < -0.39 is 0 Å². The van der Waals surface area contributed by atoms with Crippen LogP contribution in [-0.4, -0.2) is 5.11 Å². The van der Waals surface area contributed by atoms with Gasteiger partial charge in [0.05, 0.1) is 12.3 Å². The summed E-state index contributed by atoms with van der Waals surface area (Å²) in [5.41, 5.74) is 8.83. The van der Waals surface area contributed by atoms with E-state index in [0.29, 0.717) is 0 Å². The summed E-state index contributed by atoms with van der Waals surface area (Å²) in [6, 6.07) is 4.13. The number of anilines is 1. The lowest BCUT2D eigenvalue weighted by molar-refractivity contribution is 0.281. The van der Waals surface area contributed by atoms with Gasteiger partial charge in [-0.2, -0.15) is 0 Å². The predicted molar refractivity (Wildman–Crippen MR) is 61.5 cm³/mol. The number of benzene rings is 1. The molecule has 0 aliphatic rings. The molecule has 0 atom stereocenters. The number of aryl methyl sites for hydroxylation is 1. The zero-order valence-electron chi connectivity index (χ0n) is 8.08. The van der Waals surface area contributed by atoms with Gasteiger partial charge in [0.1, 0.15) is 0 Å². The van der Waals surface area contributed by atoms with E-state index in [4.69, 9.17) is 5.73 Å². The van der Waals surface area contributed by atoms with Crippen molar-refractivity contribution in [1.29, 1.82) is 0 Å². The normalized spacial score (nSPS) is 11.0. The number of nitrogen functional groups attached to an aromatic ring is 1. The fourth-order valence-electron chi connectivity index (χ4n) is 1.66. The van der Waals surface area contributed by atoms with E-state index in [1.54, 1.807) is 11.3 Å². The molecule has 1 heterocycles. The van der Waals surface area contributed by atoms with Crippen molar-refractivity contribution in [3.63, 3.8) is 0 Å². The topological polar surface area (TPSA) is 46.2 Å². The fourth-order valence-corrected chi connectivity index (χ4v) is 2.55. The van der Waals surface area contributed by atoms with Crippen molar-refractivity contribution < 1.29 is 5.11 Å². The van der Waals surface area contributed by atoms with Gasteiger partial charge in [-0.1, -0.05) is 6.92 Å². The van der Waals surface area contributed by atoms with Crippen molar-refractivity contribution >= 4 is 27.1 Å². The number of hydrogen-bond acceptors (Lipinski definition) is 3. The highest BCUT2D eigenvalue weighted by molar-refractivity contribution is 7.17. The number of aliphatic hydroxyl groups excluding tert-OH is 1. The minimum Gasteiger partial charge on any atom is -0.398 e. The summed E-state index contributed by atoms with van der Waals surface area (Å²) in [5, 5.41) is 12.2. The first kappa shape index (κ1) is 9.49. The van der Waals surface area contributed by atoms with E-state index in [-0.39, 0.29) is 6.61 Å². The molecule has 3 heteroatoms. The van der Waals surface area contributed by atoms with Crippen molar-refractivity contribution in [2.45, 2.75) is 20.0 Å². The molecular weight excluding hydrogens is 194 g/mol. The summed E-state index contributed by atoms with van der Waals surface area (Å²) in [7, 11) is 0. The van der Waals surface area contributed by atoms with E-state index in [1.807, 2.05) is 11.4 Å². The highest BCUT2D eigenvalue weighted by Gasteiger charge is 2.06. The van der Waals surface area contributed by atoms with Crippen LogP contribution in [0.15, 0.2) is 17.5 Å². The van der Waals surface area contributed by atoms with E-state index >= 15 is 0 Å². The number of nitrogens with two attached hydrogens (primary N) is 1. The van der Waals surface area contributed by atoms with Crippen LogP contribution in [0, 0.1) is 0 Å². The third kappa shape index (κ3) is 1.38. The maximum absolute atomic E-state index is 9.20. The van der Waals surface area contributed by atoms with Gasteiger partial charge in [0.25, 0.3) is 0 Å². The molecule has 3 N–H and O–H groups in total. The van der Waals surface area contributed by atoms with Crippen molar-refractivity contribution in [2.24, 2.45) is 0 Å². The summed E-state index contributed by atoms with van der Waals surface area (Å²) in [6.45, 7) is 2.19. The minimum absolute atomic E-state index is 0.0917. The van der Waals surface area contributed by atoms with Crippen LogP contribution in [0.4, 0.5) is 5.69 Å². The number of thiophene rings is 1. The first-order valence-electron chi connectivity index (χ1n) is 4.65. The fraction of sp³-hybridized carbons (Fsp3) is 0.273. The second-order valence-electron chi connectivity index (χ2n) is 3.32. The molecule has 0 saturated carbocycles. The SMILES string of the molecule is CCc1cc2scc(N)c2cc1CO. The Morgan fingerprint density at radius 3 is 2.79 bits per heavy atom. The van der Waals surface area contributed by atoms with Crippen molar-refractivity contribution in [2.75, 3.05) is 5.73 Å². The summed E-state index contributed by atoms with van der Waals surface area (Å²) >= 11 is 1.66. The summed E-state index contributed by atoms with van der Waals surface area (Å²) < 4.78 is 1.21. The highest BCUT2D eigenvalue weighted by atomic mass is 32.1. The number of rotatable bonds is 2. The Hall–Kier alpha value is -1.06. The van der Waals surface area contributed by atoms with Crippen LogP contribution in [0.5, 0.6) is 0 Å². The van der Waals surface area contributed by atoms with Gasteiger partial charge in [-0.3, -0.25) is 0 Å². The monoisotopic (exact) mass is 207 g/mol. The molecule has 0 bridgehead atoms. The van der Waals surface area contributed by atoms with E-state index in [1.165, 1.54) is 10.3 Å². The molecule has 1 aromatic heterocycles. The second kappa shape index (κ2) is 3.59. The maximum atomic E-state index is 9.20. The Labute approximate surface area is 87.0 Å². The quantitative estimate of drug-likeness (QED) is 0.795. The van der Waals surface area contributed by atoms with Gasteiger partial charge in [-0.15, -0.1) is 11.3 Å². The van der Waals surface area contributed by atoms with Gasteiger partial charge in [0.2, 0.25) is 0 Å². The van der Waals surface area contributed by atoms with Gasteiger partial charge < -0.3 is 10.8 Å². The smallest absolute Gasteiger partial charge is 0.0684 e. The van der Waals surface area contributed by atoms with Crippen LogP contribution in [0.25, 0.3) is 10.1 Å². The third-order valence-electron chi connectivity index (χ3n) is 2.48. The van der Waals surface area contributed by atoms with Crippen LogP contribution < -0.4 is 5.73 Å². The largest absolute Gasteiger partial charge is 0.398 e. The molecule has 1 aromatic carbocycles. The molecule has 2 aromatic rings. The second-order valence-corrected chi connectivity index (χ2v) is 4.23. The first-order chi connectivity index (χ1) is 6.76. The van der Waals surface area contributed by atoms with E-state index in [9.17, 15) is 5.11 Å². The summed E-state index contributed by atoms with van der Waals surface area (Å²) in [5.74, 6) is 0. The predicted octanol–water partition coefficient (Wildman–Crippen LogP) is 2.54. The van der Waals surface area contributed by atoms with Gasteiger partial charge >= 0.3 is 0 Å². The average molecular weight is 207 g/mol. The molecule has 14 heavy (non-hydrogen) atoms. The third-order valence-corrected chi connectivity index (χ3v) is 3.44. The standard InChI is InChI=1S/C11H13NOS/c1-2-7-4-11-9(3-8(7)5-13)10(12)6-14-11/h3-4,6,13H,2,5,12H2,1H3. The van der Waals surface area contributed by atoms with Crippen LogP contribution >= 0.6 is 11.3 Å². The van der Waals surface area contributed by atoms with E-state index in [2.05, 4.69) is 13.0 Å². The number of fused-ring (bicyclic) bond motifs is 1. The van der Waals surface area contributed by atoms with Crippen LogP contribution in [0.2, 0.25) is 0 Å². The molecule has 0 aliphatic heterocycles. The van der Waals surface area contributed by atoms with Gasteiger partial charge in [-0.05, 0) is 29.7 Å². The molecule has 0 radical (unpaired) electrons. The molecule has 0 saturated heterocycles. The zero-order chi connectivity index (χ0) is 10.1. The van der Waals surface area contributed by atoms with Crippen molar-refractivity contribution in [3.05, 3.63) is 28.6 Å². The van der Waals surface area contributed by atoms with Crippen LogP contribution in [-0.2, 0) is 13.0 Å². The summed E-state index contributed by atoms with van der Waals surface area (Å²) in [4.78, 5) is 0. The van der Waals surface area contributed by atoms with Gasteiger partial charge in [0, 0.05) is 15.5 Å². The Morgan fingerprint density at radius 1 is 1.36 bits per heavy atom. The lowest BCUT2D eigenvalue weighted by Crippen LogP contribution is -1.92. The van der Waals surface area contributed by atoms with Crippen LogP contribution in [0.1, 0.15) is 18.1 Å². The Balaban J connectivity index is 2.71. The minimum atomic E-state index is 0.0917. The summed E-state index contributed by atoms with van der Waals surface area (Å²) in [6.07, 6.45) is 0.948. The molecule has 2 rings (SSSR count). The lowest BCUT2D eigenvalue weighted by atomic mass is 10.0. The molecule has 74 valence electrons. The average Bonchev–Trinajstić information content (AvgIpc) is 2.58. The van der Waals surface area contributed by atoms with Crippen LogP contribution in [0.3, 0.4) is 0 Å². The molecule has 0 unspecified atom stereocenters. The van der Waals surface area contributed by atoms with Crippen molar-refractivity contribution in [3.8, 4) is 0 Å². The van der Waals surface area contributed by atoms with Crippen molar-refractivity contribution in [1.82, 2.24) is 0 Å². The maximum Gasteiger partial charge on any atom is 0.0684 e. The molecule has 0 spiro atoms. The lowest BCUT2D eigenvalue weighted by Gasteiger charge is -2.05. The molecular formula is C11H13NOS. The Kier molecular flexibility index (Phi) is 2.44. The van der Waals surface area contributed by atoms with Gasteiger partial charge in [-0.25, -0.2) is 0 Å². The number of hydrogen-bond donors (Lipinski definition) is 2. The highest BCUT2D eigenvalue weighted by Crippen LogP contribution is 2.30. The zero-order valence-corrected chi connectivity index (χ0v) is 8.90. The molecule has 0 aliphatic carbocycles.